The molecule has 0 radical (unpaired) electrons. The Morgan fingerprint density at radius 3 is 2.50 bits per heavy atom. The van der Waals surface area contributed by atoms with Crippen molar-refractivity contribution in [2.75, 3.05) is 0 Å². The molecule has 2 rings (SSSR count). The van der Waals surface area contributed by atoms with E-state index in [1.807, 2.05) is 19.1 Å². The van der Waals surface area contributed by atoms with Crippen molar-refractivity contribution in [2.45, 2.75) is 71.3 Å². The lowest BCUT2D eigenvalue weighted by Gasteiger charge is -2.32. The maximum Gasteiger partial charge on any atom is 0.123 e. The van der Waals surface area contributed by atoms with Crippen LogP contribution in [0.5, 0.6) is 11.5 Å². The number of unbranched alkanes of at least 4 members (excludes halogenated alkanes) is 2. The van der Waals surface area contributed by atoms with Gasteiger partial charge in [-0.2, -0.15) is 0 Å². The molecular weight excluding hydrogens is 298 g/mol. The molecule has 3 nitrogen and oxygen atoms in total. The van der Waals surface area contributed by atoms with Gasteiger partial charge >= 0.3 is 0 Å². The first-order chi connectivity index (χ1) is 11.4. The molecule has 1 aromatic rings. The van der Waals surface area contributed by atoms with Crippen LogP contribution in [0.25, 0.3) is 0 Å². The summed E-state index contributed by atoms with van der Waals surface area (Å²) in [5, 5.41) is 24.6. The van der Waals surface area contributed by atoms with Gasteiger partial charge in [0.15, 0.2) is 0 Å². The van der Waals surface area contributed by atoms with Crippen LogP contribution in [0.4, 0.5) is 0 Å². The zero-order chi connectivity index (χ0) is 17.7. The molecule has 1 aliphatic carbocycles. The van der Waals surface area contributed by atoms with Crippen LogP contribution in [0.1, 0.15) is 69.9 Å². The third-order valence-electron chi connectivity index (χ3n) is 4.78. The van der Waals surface area contributed by atoms with Gasteiger partial charge in [0.1, 0.15) is 11.5 Å². The minimum atomic E-state index is -0.0415. The number of phenolic OH excluding ortho intramolecular Hbond substituents is 2. The first-order valence-corrected chi connectivity index (χ1v) is 9.06. The van der Waals surface area contributed by atoms with Crippen LogP contribution in [-0.2, 0) is 6.42 Å². The fraction of sp³-hybridized carbons (Fsp3) is 0.524. The quantitative estimate of drug-likeness (QED) is 0.479. The average Bonchev–Trinajstić information content (AvgIpc) is 2.49. The minimum absolute atomic E-state index is 0.0415. The SMILES string of the molecule is C=C(C)N[C@@H]1CCC(C)=C[C@H]1c1c(O)cc(CCCCC)cc1O. The van der Waals surface area contributed by atoms with Crippen LogP contribution >= 0.6 is 0 Å². The molecule has 0 spiro atoms. The molecule has 0 aromatic heterocycles. The Balaban J connectivity index is 2.31. The van der Waals surface area contributed by atoms with Gasteiger partial charge in [0, 0.05) is 23.2 Å². The number of aromatic hydroxyl groups is 2. The van der Waals surface area contributed by atoms with Crippen molar-refractivity contribution in [2.24, 2.45) is 0 Å². The average molecular weight is 329 g/mol. The van der Waals surface area contributed by atoms with E-state index in [1.165, 1.54) is 12.0 Å². The highest BCUT2D eigenvalue weighted by Gasteiger charge is 2.29. The summed E-state index contributed by atoms with van der Waals surface area (Å²) in [6.45, 7) is 10.2. The van der Waals surface area contributed by atoms with Gasteiger partial charge < -0.3 is 15.5 Å². The van der Waals surface area contributed by atoms with Crippen molar-refractivity contribution in [1.29, 1.82) is 0 Å². The standard InChI is InChI=1S/C21H31NO2/c1-5-6-7-8-16-12-19(23)21(20(24)13-16)17-11-15(4)9-10-18(17)22-14(2)3/h11-13,17-18,22-24H,2,5-10H2,1,3-4H3/t17-,18-/m1/s1. The highest BCUT2D eigenvalue weighted by atomic mass is 16.3. The predicted molar refractivity (Wildman–Crippen MR) is 100 cm³/mol. The molecule has 0 amide bonds. The second kappa shape index (κ2) is 8.27. The summed E-state index contributed by atoms with van der Waals surface area (Å²) in [5.41, 5.74) is 3.84. The summed E-state index contributed by atoms with van der Waals surface area (Å²) in [7, 11) is 0. The van der Waals surface area contributed by atoms with E-state index in [9.17, 15) is 10.2 Å². The Bertz CT molecular complexity index is 595. The van der Waals surface area contributed by atoms with Crippen LogP contribution in [0, 0.1) is 0 Å². The van der Waals surface area contributed by atoms with Gasteiger partial charge in [0.2, 0.25) is 0 Å². The Hall–Kier alpha value is -1.90. The summed E-state index contributed by atoms with van der Waals surface area (Å²) in [6.07, 6.45) is 8.46. The van der Waals surface area contributed by atoms with Gasteiger partial charge in [-0.15, -0.1) is 0 Å². The molecule has 24 heavy (non-hydrogen) atoms. The zero-order valence-corrected chi connectivity index (χ0v) is 15.2. The van der Waals surface area contributed by atoms with Crippen LogP contribution in [0.3, 0.4) is 0 Å². The lowest BCUT2D eigenvalue weighted by Crippen LogP contribution is -2.35. The van der Waals surface area contributed by atoms with Crippen LogP contribution in [0.15, 0.2) is 36.1 Å². The van der Waals surface area contributed by atoms with E-state index in [4.69, 9.17) is 0 Å². The predicted octanol–water partition coefficient (Wildman–Crippen LogP) is 5.15. The molecule has 3 N–H and O–H groups in total. The molecule has 2 atom stereocenters. The number of allylic oxidation sites excluding steroid dienone is 2. The summed E-state index contributed by atoms with van der Waals surface area (Å²) in [4.78, 5) is 0. The smallest absolute Gasteiger partial charge is 0.123 e. The van der Waals surface area contributed by atoms with E-state index >= 15 is 0 Å². The first-order valence-electron chi connectivity index (χ1n) is 9.06. The number of rotatable bonds is 7. The fourth-order valence-electron chi connectivity index (χ4n) is 3.58. The maximum absolute atomic E-state index is 10.6. The summed E-state index contributed by atoms with van der Waals surface area (Å²) < 4.78 is 0. The Morgan fingerprint density at radius 2 is 1.92 bits per heavy atom. The molecule has 1 aromatic carbocycles. The number of phenols is 2. The van der Waals surface area contributed by atoms with Crippen LogP contribution in [-0.4, -0.2) is 16.3 Å². The Morgan fingerprint density at radius 1 is 1.25 bits per heavy atom. The molecular formula is C21H31NO2. The Kier molecular flexibility index (Phi) is 6.36. The number of hydrogen-bond donors (Lipinski definition) is 3. The number of hydrogen-bond acceptors (Lipinski definition) is 3. The maximum atomic E-state index is 10.6. The molecule has 3 heteroatoms. The number of nitrogens with one attached hydrogen (secondary N) is 1. The van der Waals surface area contributed by atoms with E-state index in [-0.39, 0.29) is 23.5 Å². The highest BCUT2D eigenvalue weighted by molar-refractivity contribution is 5.51. The molecule has 1 aliphatic rings. The molecule has 0 heterocycles. The molecule has 0 bridgehead atoms. The van der Waals surface area contributed by atoms with Crippen molar-refractivity contribution in [3.63, 3.8) is 0 Å². The normalized spacial score (nSPS) is 20.5. The van der Waals surface area contributed by atoms with Gasteiger partial charge in [-0.3, -0.25) is 0 Å². The van der Waals surface area contributed by atoms with Gasteiger partial charge in [-0.25, -0.2) is 0 Å². The zero-order valence-electron chi connectivity index (χ0n) is 15.2. The van der Waals surface area contributed by atoms with E-state index in [0.29, 0.717) is 5.56 Å². The molecule has 132 valence electrons. The van der Waals surface area contributed by atoms with Gasteiger partial charge in [0.25, 0.3) is 0 Å². The highest BCUT2D eigenvalue weighted by Crippen LogP contribution is 2.42. The van der Waals surface area contributed by atoms with Gasteiger partial charge in [-0.1, -0.05) is 38.0 Å². The number of benzene rings is 1. The van der Waals surface area contributed by atoms with Crippen LogP contribution in [0.2, 0.25) is 0 Å². The van der Waals surface area contributed by atoms with Crippen molar-refractivity contribution in [1.82, 2.24) is 5.32 Å². The monoisotopic (exact) mass is 329 g/mol. The number of aryl methyl sites for hydroxylation is 1. The summed E-state index contributed by atoms with van der Waals surface area (Å²) >= 11 is 0. The molecule has 0 saturated carbocycles. The topological polar surface area (TPSA) is 52.5 Å². The first kappa shape index (κ1) is 18.4. The fourth-order valence-corrected chi connectivity index (χ4v) is 3.58. The molecule has 0 saturated heterocycles. The van der Waals surface area contributed by atoms with Gasteiger partial charge in [0.05, 0.1) is 0 Å². The van der Waals surface area contributed by atoms with E-state index in [0.717, 1.165) is 43.4 Å². The van der Waals surface area contributed by atoms with E-state index in [1.54, 1.807) is 0 Å². The van der Waals surface area contributed by atoms with Crippen LogP contribution < -0.4 is 5.32 Å². The van der Waals surface area contributed by atoms with Crippen molar-refractivity contribution in [3.8, 4) is 11.5 Å². The van der Waals surface area contributed by atoms with Gasteiger partial charge in [-0.05, 0) is 57.2 Å². The second-order valence-electron chi connectivity index (χ2n) is 7.11. The lowest BCUT2D eigenvalue weighted by atomic mass is 9.80. The Labute approximate surface area is 146 Å². The summed E-state index contributed by atoms with van der Waals surface area (Å²) in [5.74, 6) is 0.358. The van der Waals surface area contributed by atoms with Crippen molar-refractivity contribution in [3.05, 3.63) is 47.2 Å². The second-order valence-corrected chi connectivity index (χ2v) is 7.11. The van der Waals surface area contributed by atoms with Crippen molar-refractivity contribution >= 4 is 0 Å². The van der Waals surface area contributed by atoms with E-state index < -0.39 is 0 Å². The minimum Gasteiger partial charge on any atom is -0.507 e. The molecule has 0 fully saturated rings. The third-order valence-corrected chi connectivity index (χ3v) is 4.78. The molecule has 0 aliphatic heterocycles. The molecule has 0 unspecified atom stereocenters. The van der Waals surface area contributed by atoms with E-state index in [2.05, 4.69) is 31.8 Å². The third kappa shape index (κ3) is 4.56. The summed E-state index contributed by atoms with van der Waals surface area (Å²) in [6, 6.07) is 3.79. The largest absolute Gasteiger partial charge is 0.507 e. The lowest BCUT2D eigenvalue weighted by molar-refractivity contribution is 0.402. The van der Waals surface area contributed by atoms with Crippen molar-refractivity contribution < 1.29 is 10.2 Å².